The van der Waals surface area contributed by atoms with E-state index in [4.69, 9.17) is 37.4 Å². The molecule has 0 aliphatic carbocycles. The van der Waals surface area contributed by atoms with Crippen LogP contribution in [0, 0.1) is 0 Å². The number of ether oxygens (including phenoxy) is 3. The lowest BCUT2D eigenvalue weighted by molar-refractivity contribution is 0.0485. The molecule has 5 nitrogen and oxygen atoms in total. The SMILES string of the molecule is CCOc1cccc(C(=O)OCCCOc2c(Cl)cc(O)cc2Cl)c1. The van der Waals surface area contributed by atoms with Gasteiger partial charge in [-0.3, -0.25) is 0 Å². The molecular formula is C18H18Cl2O5. The summed E-state index contributed by atoms with van der Waals surface area (Å²) in [5.41, 5.74) is 0.427. The molecule has 1 N–H and O–H groups in total. The summed E-state index contributed by atoms with van der Waals surface area (Å²) < 4.78 is 16.0. The molecule has 0 bridgehead atoms. The van der Waals surface area contributed by atoms with Crippen LogP contribution in [0.3, 0.4) is 0 Å². The highest BCUT2D eigenvalue weighted by Crippen LogP contribution is 2.36. The van der Waals surface area contributed by atoms with Crippen molar-refractivity contribution >= 4 is 29.2 Å². The molecule has 2 aromatic carbocycles. The van der Waals surface area contributed by atoms with Crippen molar-refractivity contribution in [3.8, 4) is 17.2 Å². The smallest absolute Gasteiger partial charge is 0.338 e. The molecule has 7 heteroatoms. The van der Waals surface area contributed by atoms with Crippen molar-refractivity contribution in [2.24, 2.45) is 0 Å². The van der Waals surface area contributed by atoms with Gasteiger partial charge in [-0.15, -0.1) is 0 Å². The molecule has 134 valence electrons. The van der Waals surface area contributed by atoms with Crippen molar-refractivity contribution < 1.29 is 24.1 Å². The van der Waals surface area contributed by atoms with Crippen LogP contribution in [0.2, 0.25) is 10.0 Å². The van der Waals surface area contributed by atoms with Gasteiger partial charge >= 0.3 is 5.97 Å². The Labute approximate surface area is 156 Å². The summed E-state index contributed by atoms with van der Waals surface area (Å²) >= 11 is 11.9. The Morgan fingerprint density at radius 2 is 1.80 bits per heavy atom. The molecule has 0 saturated heterocycles. The molecule has 25 heavy (non-hydrogen) atoms. The highest BCUT2D eigenvalue weighted by molar-refractivity contribution is 6.37. The molecule has 0 heterocycles. The zero-order chi connectivity index (χ0) is 18.2. The van der Waals surface area contributed by atoms with Gasteiger partial charge in [0.2, 0.25) is 0 Å². The van der Waals surface area contributed by atoms with E-state index in [1.807, 2.05) is 6.92 Å². The zero-order valence-electron chi connectivity index (χ0n) is 13.6. The lowest BCUT2D eigenvalue weighted by atomic mass is 10.2. The molecular weight excluding hydrogens is 367 g/mol. The van der Waals surface area contributed by atoms with E-state index in [2.05, 4.69) is 0 Å². The Kier molecular flexibility index (Phi) is 7.22. The summed E-state index contributed by atoms with van der Waals surface area (Å²) in [4.78, 5) is 12.0. The van der Waals surface area contributed by atoms with Crippen LogP contribution in [0.15, 0.2) is 36.4 Å². The van der Waals surface area contributed by atoms with Crippen LogP contribution in [0.5, 0.6) is 17.2 Å². The van der Waals surface area contributed by atoms with E-state index in [1.165, 1.54) is 12.1 Å². The first-order valence-corrected chi connectivity index (χ1v) is 8.47. The monoisotopic (exact) mass is 384 g/mol. The molecule has 0 fully saturated rings. The van der Waals surface area contributed by atoms with E-state index >= 15 is 0 Å². The molecule has 0 radical (unpaired) electrons. The summed E-state index contributed by atoms with van der Waals surface area (Å²) in [6, 6.07) is 9.50. The third-order valence-corrected chi connectivity index (χ3v) is 3.69. The van der Waals surface area contributed by atoms with E-state index in [0.29, 0.717) is 24.3 Å². The van der Waals surface area contributed by atoms with Crippen LogP contribution < -0.4 is 9.47 Å². The number of carbonyl (C=O) groups is 1. The summed E-state index contributed by atoms with van der Waals surface area (Å²) in [5.74, 6) is 0.446. The fraction of sp³-hybridized carbons (Fsp3) is 0.278. The van der Waals surface area contributed by atoms with E-state index in [9.17, 15) is 9.90 Å². The number of hydrogen-bond donors (Lipinski definition) is 1. The van der Waals surface area contributed by atoms with Crippen molar-refractivity contribution in [2.45, 2.75) is 13.3 Å². The van der Waals surface area contributed by atoms with Crippen LogP contribution in [0.4, 0.5) is 0 Å². The maximum absolute atomic E-state index is 12.0. The highest BCUT2D eigenvalue weighted by Gasteiger charge is 2.11. The third-order valence-electron chi connectivity index (χ3n) is 3.13. The minimum atomic E-state index is -0.428. The van der Waals surface area contributed by atoms with Crippen LogP contribution in [0.25, 0.3) is 0 Å². The molecule has 0 amide bonds. The fourth-order valence-electron chi connectivity index (χ4n) is 2.05. The first kappa shape index (κ1) is 19.2. The maximum Gasteiger partial charge on any atom is 0.338 e. The Hall–Kier alpha value is -2.11. The standard InChI is InChI=1S/C18H18Cl2O5/c1-2-23-14-6-3-5-12(9-14)18(22)25-8-4-7-24-17-15(19)10-13(21)11-16(17)20/h3,5-6,9-11,21H,2,4,7-8H2,1H3. The molecule has 0 atom stereocenters. The molecule has 0 unspecified atom stereocenters. The van der Waals surface area contributed by atoms with Crippen LogP contribution in [0.1, 0.15) is 23.7 Å². The van der Waals surface area contributed by atoms with Gasteiger partial charge in [0.1, 0.15) is 11.5 Å². The predicted octanol–water partition coefficient (Wildman–Crippen LogP) is 4.72. The van der Waals surface area contributed by atoms with Crippen molar-refractivity contribution in [1.29, 1.82) is 0 Å². The Bertz CT molecular complexity index is 710. The van der Waals surface area contributed by atoms with Gasteiger partial charge in [0, 0.05) is 18.6 Å². The Morgan fingerprint density at radius 3 is 2.48 bits per heavy atom. The first-order chi connectivity index (χ1) is 12.0. The predicted molar refractivity (Wildman–Crippen MR) is 96.1 cm³/mol. The number of carbonyl (C=O) groups excluding carboxylic acids is 1. The molecule has 0 saturated carbocycles. The maximum atomic E-state index is 12.0. The van der Waals surface area contributed by atoms with Crippen molar-refractivity contribution in [3.63, 3.8) is 0 Å². The second-order valence-electron chi connectivity index (χ2n) is 5.04. The van der Waals surface area contributed by atoms with Gasteiger partial charge in [-0.1, -0.05) is 29.3 Å². The van der Waals surface area contributed by atoms with Gasteiger partial charge < -0.3 is 19.3 Å². The van der Waals surface area contributed by atoms with E-state index in [-0.39, 0.29) is 34.8 Å². The number of hydrogen-bond acceptors (Lipinski definition) is 5. The van der Waals surface area contributed by atoms with E-state index in [1.54, 1.807) is 24.3 Å². The number of esters is 1. The van der Waals surface area contributed by atoms with E-state index < -0.39 is 5.97 Å². The lowest BCUT2D eigenvalue weighted by Gasteiger charge is -2.11. The number of rotatable bonds is 8. The molecule has 2 rings (SSSR count). The number of benzene rings is 2. The van der Waals surface area contributed by atoms with Crippen molar-refractivity contribution in [1.82, 2.24) is 0 Å². The molecule has 0 spiro atoms. The second-order valence-corrected chi connectivity index (χ2v) is 5.85. The highest BCUT2D eigenvalue weighted by atomic mass is 35.5. The first-order valence-electron chi connectivity index (χ1n) is 7.72. The molecule has 2 aromatic rings. The molecule has 0 aromatic heterocycles. The fourth-order valence-corrected chi connectivity index (χ4v) is 2.63. The van der Waals surface area contributed by atoms with Gasteiger partial charge in [0.05, 0.1) is 35.4 Å². The normalized spacial score (nSPS) is 10.4. The summed E-state index contributed by atoms with van der Waals surface area (Å²) in [5, 5.41) is 9.79. The average Bonchev–Trinajstić information content (AvgIpc) is 2.57. The number of aromatic hydroxyl groups is 1. The summed E-state index contributed by atoms with van der Waals surface area (Å²) in [7, 11) is 0. The van der Waals surface area contributed by atoms with Crippen LogP contribution >= 0.6 is 23.2 Å². The lowest BCUT2D eigenvalue weighted by Crippen LogP contribution is -2.09. The summed E-state index contributed by atoms with van der Waals surface area (Å²) in [6.07, 6.45) is 0.463. The van der Waals surface area contributed by atoms with Crippen LogP contribution in [-0.4, -0.2) is 30.9 Å². The number of phenolic OH excluding ortho intramolecular Hbond substituents is 1. The van der Waals surface area contributed by atoms with Gasteiger partial charge in [-0.05, 0) is 25.1 Å². The topological polar surface area (TPSA) is 65.0 Å². The minimum absolute atomic E-state index is 0.0365. The average molecular weight is 385 g/mol. The molecule has 0 aliphatic rings. The third kappa shape index (κ3) is 5.73. The van der Waals surface area contributed by atoms with Crippen LogP contribution in [-0.2, 0) is 4.74 Å². The van der Waals surface area contributed by atoms with Gasteiger partial charge in [-0.25, -0.2) is 4.79 Å². The number of halogens is 2. The van der Waals surface area contributed by atoms with Crippen molar-refractivity contribution in [2.75, 3.05) is 19.8 Å². The zero-order valence-corrected chi connectivity index (χ0v) is 15.1. The largest absolute Gasteiger partial charge is 0.508 e. The van der Waals surface area contributed by atoms with Crippen molar-refractivity contribution in [3.05, 3.63) is 52.0 Å². The van der Waals surface area contributed by atoms with E-state index in [0.717, 1.165) is 0 Å². The van der Waals surface area contributed by atoms with Gasteiger partial charge in [0.15, 0.2) is 5.75 Å². The minimum Gasteiger partial charge on any atom is -0.508 e. The van der Waals surface area contributed by atoms with Gasteiger partial charge in [0.25, 0.3) is 0 Å². The quantitative estimate of drug-likeness (QED) is 0.526. The Morgan fingerprint density at radius 1 is 1.08 bits per heavy atom. The summed E-state index contributed by atoms with van der Waals surface area (Å²) in [6.45, 7) is 2.84. The second kappa shape index (κ2) is 9.39. The Balaban J connectivity index is 1.78. The van der Waals surface area contributed by atoms with Gasteiger partial charge in [-0.2, -0.15) is 0 Å². The molecule has 0 aliphatic heterocycles. The number of phenols is 1.